The maximum Gasteiger partial charge on any atom is 0.0597 e. The van der Waals surface area contributed by atoms with Gasteiger partial charge in [-0.15, -0.1) is 0 Å². The van der Waals surface area contributed by atoms with E-state index in [4.69, 9.17) is 4.74 Å². The van der Waals surface area contributed by atoms with E-state index in [2.05, 4.69) is 11.9 Å². The Balaban J connectivity index is 2.02. The first kappa shape index (κ1) is 8.52. The lowest BCUT2D eigenvalue weighted by Gasteiger charge is -2.24. The van der Waals surface area contributed by atoms with E-state index >= 15 is 0 Å². The molecule has 2 aliphatic rings. The lowest BCUT2D eigenvalue weighted by atomic mass is 10.1. The lowest BCUT2D eigenvalue weighted by molar-refractivity contribution is 0.0564. The highest BCUT2D eigenvalue weighted by molar-refractivity contribution is 4.80. The van der Waals surface area contributed by atoms with E-state index in [-0.39, 0.29) is 0 Å². The standard InChI is InChI=1S/C10H19NO/c1-11-6-7-12-10-5-3-2-4-9(11)8-10/h9-10H,2-8H2,1H3. The van der Waals surface area contributed by atoms with Gasteiger partial charge in [0.2, 0.25) is 0 Å². The maximum absolute atomic E-state index is 5.78. The van der Waals surface area contributed by atoms with Crippen LogP contribution in [-0.2, 0) is 4.74 Å². The summed E-state index contributed by atoms with van der Waals surface area (Å²) in [6.07, 6.45) is 7.30. The molecule has 0 aromatic rings. The zero-order valence-electron chi connectivity index (χ0n) is 7.96. The first-order chi connectivity index (χ1) is 5.86. The highest BCUT2D eigenvalue weighted by Gasteiger charge is 2.26. The number of fused-ring (bicyclic) bond motifs is 2. The zero-order chi connectivity index (χ0) is 8.39. The van der Waals surface area contributed by atoms with Crippen molar-refractivity contribution in [3.8, 4) is 0 Å². The first-order valence-corrected chi connectivity index (χ1v) is 5.18. The summed E-state index contributed by atoms with van der Waals surface area (Å²) in [5.41, 5.74) is 0. The molecule has 0 aromatic carbocycles. The summed E-state index contributed by atoms with van der Waals surface area (Å²) in [4.78, 5) is 2.48. The van der Waals surface area contributed by atoms with Crippen molar-refractivity contribution in [2.75, 3.05) is 20.2 Å². The average Bonchev–Trinajstić information content (AvgIpc) is 2.38. The molecule has 2 unspecified atom stereocenters. The molecule has 1 saturated carbocycles. The van der Waals surface area contributed by atoms with E-state index in [1.807, 2.05) is 0 Å². The topological polar surface area (TPSA) is 12.5 Å². The Morgan fingerprint density at radius 1 is 1.25 bits per heavy atom. The molecule has 0 N–H and O–H groups in total. The fraction of sp³-hybridized carbons (Fsp3) is 1.00. The molecule has 70 valence electrons. The quantitative estimate of drug-likeness (QED) is 0.546. The van der Waals surface area contributed by atoms with Gasteiger partial charge in [-0.3, -0.25) is 0 Å². The minimum atomic E-state index is 0.572. The van der Waals surface area contributed by atoms with Crippen LogP contribution in [0, 0.1) is 0 Å². The zero-order valence-corrected chi connectivity index (χ0v) is 7.96. The number of nitrogens with zero attached hydrogens (tertiary/aromatic N) is 1. The molecule has 1 aliphatic carbocycles. The second-order valence-corrected chi connectivity index (χ2v) is 4.15. The highest BCUT2D eigenvalue weighted by atomic mass is 16.5. The van der Waals surface area contributed by atoms with E-state index in [9.17, 15) is 0 Å². The van der Waals surface area contributed by atoms with Gasteiger partial charge in [-0.25, -0.2) is 0 Å². The van der Waals surface area contributed by atoms with Crippen molar-refractivity contribution in [2.45, 2.75) is 44.2 Å². The van der Waals surface area contributed by atoms with E-state index in [0.29, 0.717) is 6.10 Å². The van der Waals surface area contributed by atoms with E-state index in [1.165, 1.54) is 32.1 Å². The summed E-state index contributed by atoms with van der Waals surface area (Å²) in [7, 11) is 2.24. The number of rotatable bonds is 0. The van der Waals surface area contributed by atoms with Crippen molar-refractivity contribution >= 4 is 0 Å². The summed E-state index contributed by atoms with van der Waals surface area (Å²) in [5, 5.41) is 0. The van der Waals surface area contributed by atoms with E-state index < -0.39 is 0 Å². The van der Waals surface area contributed by atoms with Gasteiger partial charge in [-0.05, 0) is 26.3 Å². The lowest BCUT2D eigenvalue weighted by Crippen LogP contribution is -2.32. The Hall–Kier alpha value is -0.0800. The van der Waals surface area contributed by atoms with Crippen LogP contribution in [-0.4, -0.2) is 37.2 Å². The van der Waals surface area contributed by atoms with Crippen LogP contribution in [0.3, 0.4) is 0 Å². The smallest absolute Gasteiger partial charge is 0.0597 e. The monoisotopic (exact) mass is 169 g/mol. The molecule has 2 heteroatoms. The van der Waals surface area contributed by atoms with Crippen molar-refractivity contribution in [3.05, 3.63) is 0 Å². The number of likely N-dealkylation sites (N-methyl/N-ethyl adjacent to an activating group) is 1. The van der Waals surface area contributed by atoms with Crippen molar-refractivity contribution in [1.29, 1.82) is 0 Å². The Kier molecular flexibility index (Phi) is 2.66. The molecule has 2 atom stereocenters. The summed E-state index contributed by atoms with van der Waals surface area (Å²) in [6, 6.07) is 0.806. The van der Waals surface area contributed by atoms with Crippen molar-refractivity contribution in [1.82, 2.24) is 4.90 Å². The van der Waals surface area contributed by atoms with Crippen LogP contribution in [0.25, 0.3) is 0 Å². The number of hydrogen-bond acceptors (Lipinski definition) is 2. The highest BCUT2D eigenvalue weighted by Crippen LogP contribution is 2.25. The van der Waals surface area contributed by atoms with Crippen LogP contribution in [0.2, 0.25) is 0 Å². The molecule has 0 spiro atoms. The Morgan fingerprint density at radius 3 is 3.00 bits per heavy atom. The largest absolute Gasteiger partial charge is 0.377 e. The molecule has 0 aromatic heterocycles. The molecule has 2 nitrogen and oxygen atoms in total. The Morgan fingerprint density at radius 2 is 2.08 bits per heavy atom. The van der Waals surface area contributed by atoms with Gasteiger partial charge < -0.3 is 9.64 Å². The van der Waals surface area contributed by atoms with Crippen molar-refractivity contribution in [2.24, 2.45) is 0 Å². The predicted octanol–water partition coefficient (Wildman–Crippen LogP) is 1.65. The van der Waals surface area contributed by atoms with Crippen LogP contribution in [0.1, 0.15) is 32.1 Å². The molecule has 2 rings (SSSR count). The average molecular weight is 169 g/mol. The normalized spacial score (nSPS) is 38.8. The molecule has 0 amide bonds. The van der Waals surface area contributed by atoms with Gasteiger partial charge in [0.1, 0.15) is 0 Å². The van der Waals surface area contributed by atoms with Crippen LogP contribution >= 0.6 is 0 Å². The molecule has 2 fully saturated rings. The van der Waals surface area contributed by atoms with Gasteiger partial charge in [0.15, 0.2) is 0 Å². The Bertz CT molecular complexity index is 149. The molecular formula is C10H19NO. The minimum absolute atomic E-state index is 0.572. The SMILES string of the molecule is CN1CCOC2CCCCC1C2. The van der Waals surface area contributed by atoms with Crippen LogP contribution < -0.4 is 0 Å². The number of hydrogen-bond donors (Lipinski definition) is 0. The second-order valence-electron chi connectivity index (χ2n) is 4.15. The van der Waals surface area contributed by atoms with E-state index in [0.717, 1.165) is 19.2 Å². The predicted molar refractivity (Wildman–Crippen MR) is 49.2 cm³/mol. The van der Waals surface area contributed by atoms with Gasteiger partial charge in [-0.2, -0.15) is 0 Å². The second kappa shape index (κ2) is 3.75. The van der Waals surface area contributed by atoms with Crippen molar-refractivity contribution < 1.29 is 4.74 Å². The van der Waals surface area contributed by atoms with Crippen LogP contribution in [0.4, 0.5) is 0 Å². The Labute approximate surface area is 74.9 Å². The minimum Gasteiger partial charge on any atom is -0.377 e. The summed E-state index contributed by atoms with van der Waals surface area (Å²) in [6.45, 7) is 2.07. The third-order valence-electron chi connectivity index (χ3n) is 3.27. The maximum atomic E-state index is 5.78. The van der Waals surface area contributed by atoms with Gasteiger partial charge in [-0.1, -0.05) is 12.8 Å². The third-order valence-corrected chi connectivity index (χ3v) is 3.27. The first-order valence-electron chi connectivity index (χ1n) is 5.18. The van der Waals surface area contributed by atoms with Gasteiger partial charge in [0, 0.05) is 12.6 Å². The van der Waals surface area contributed by atoms with Gasteiger partial charge in [0.05, 0.1) is 12.7 Å². The number of ether oxygens (including phenoxy) is 1. The van der Waals surface area contributed by atoms with E-state index in [1.54, 1.807) is 0 Å². The van der Waals surface area contributed by atoms with Gasteiger partial charge >= 0.3 is 0 Å². The van der Waals surface area contributed by atoms with Crippen LogP contribution in [0.5, 0.6) is 0 Å². The summed E-state index contributed by atoms with van der Waals surface area (Å²) in [5.74, 6) is 0. The molecule has 2 bridgehead atoms. The summed E-state index contributed by atoms with van der Waals surface area (Å²) < 4.78 is 5.78. The fourth-order valence-electron chi connectivity index (χ4n) is 2.39. The molecule has 1 heterocycles. The third kappa shape index (κ3) is 1.80. The molecule has 0 radical (unpaired) electrons. The molecule has 12 heavy (non-hydrogen) atoms. The molecular weight excluding hydrogens is 150 g/mol. The fourth-order valence-corrected chi connectivity index (χ4v) is 2.39. The van der Waals surface area contributed by atoms with Crippen molar-refractivity contribution in [3.63, 3.8) is 0 Å². The summed E-state index contributed by atoms with van der Waals surface area (Å²) >= 11 is 0. The van der Waals surface area contributed by atoms with Crippen LogP contribution in [0.15, 0.2) is 0 Å². The van der Waals surface area contributed by atoms with Gasteiger partial charge in [0.25, 0.3) is 0 Å². The molecule has 1 saturated heterocycles. The molecule has 1 aliphatic heterocycles.